The molecule has 1 aromatic heterocycles. The van der Waals surface area contributed by atoms with E-state index >= 15 is 0 Å². The molecule has 0 saturated carbocycles. The Labute approximate surface area is 65.7 Å². The SMILES string of the molecule is CC[n+]1cccc(CN=O)c1. The van der Waals surface area contributed by atoms with E-state index in [2.05, 4.69) is 12.1 Å². The van der Waals surface area contributed by atoms with Gasteiger partial charge in [-0.15, -0.1) is 0 Å². The number of aryl methyl sites for hydroxylation is 1. The molecule has 3 heteroatoms. The molecule has 0 aliphatic heterocycles. The third kappa shape index (κ3) is 2.11. The molecule has 0 spiro atoms. The number of pyridine rings is 1. The molecule has 1 rings (SSSR count). The first kappa shape index (κ1) is 7.85. The van der Waals surface area contributed by atoms with Gasteiger partial charge in [-0.2, -0.15) is 4.91 Å². The third-order valence-corrected chi connectivity index (χ3v) is 1.53. The van der Waals surface area contributed by atoms with E-state index in [-0.39, 0.29) is 6.54 Å². The van der Waals surface area contributed by atoms with Crippen molar-refractivity contribution in [3.05, 3.63) is 35.0 Å². The summed E-state index contributed by atoms with van der Waals surface area (Å²) in [4.78, 5) is 9.91. The zero-order valence-electron chi connectivity index (χ0n) is 6.53. The second kappa shape index (κ2) is 3.81. The average Bonchev–Trinajstić information content (AvgIpc) is 2.06. The van der Waals surface area contributed by atoms with Crippen molar-refractivity contribution in [3.8, 4) is 0 Å². The molecule has 0 amide bonds. The van der Waals surface area contributed by atoms with Gasteiger partial charge in [0.1, 0.15) is 13.1 Å². The Morgan fingerprint density at radius 1 is 1.64 bits per heavy atom. The molecule has 0 bridgehead atoms. The quantitative estimate of drug-likeness (QED) is 0.473. The Balaban J connectivity index is 2.82. The van der Waals surface area contributed by atoms with Gasteiger partial charge in [-0.05, 0) is 13.0 Å². The van der Waals surface area contributed by atoms with Crippen molar-refractivity contribution in [1.29, 1.82) is 0 Å². The van der Waals surface area contributed by atoms with Crippen molar-refractivity contribution in [1.82, 2.24) is 0 Å². The Kier molecular flexibility index (Phi) is 2.72. The summed E-state index contributed by atoms with van der Waals surface area (Å²) in [7, 11) is 0. The fourth-order valence-electron chi connectivity index (χ4n) is 0.941. The van der Waals surface area contributed by atoms with Crippen LogP contribution in [0.3, 0.4) is 0 Å². The van der Waals surface area contributed by atoms with E-state index in [0.717, 1.165) is 12.1 Å². The third-order valence-electron chi connectivity index (χ3n) is 1.53. The second-order valence-corrected chi connectivity index (χ2v) is 2.33. The van der Waals surface area contributed by atoms with Crippen LogP contribution >= 0.6 is 0 Å². The van der Waals surface area contributed by atoms with E-state index in [1.807, 2.05) is 29.1 Å². The van der Waals surface area contributed by atoms with E-state index < -0.39 is 0 Å². The van der Waals surface area contributed by atoms with Gasteiger partial charge in [-0.25, -0.2) is 4.57 Å². The highest BCUT2D eigenvalue weighted by molar-refractivity contribution is 5.04. The molecule has 0 atom stereocenters. The molecule has 0 aliphatic carbocycles. The largest absolute Gasteiger partial charge is 0.205 e. The van der Waals surface area contributed by atoms with Gasteiger partial charge in [0.2, 0.25) is 0 Å². The van der Waals surface area contributed by atoms with Crippen molar-refractivity contribution < 1.29 is 4.57 Å². The highest BCUT2D eigenvalue weighted by Crippen LogP contribution is 1.95. The summed E-state index contributed by atoms with van der Waals surface area (Å²) in [5.41, 5.74) is 0.962. The zero-order valence-corrected chi connectivity index (χ0v) is 6.53. The number of nitroso groups, excluding NO2 is 1. The van der Waals surface area contributed by atoms with E-state index in [4.69, 9.17) is 0 Å². The maximum Gasteiger partial charge on any atom is 0.173 e. The minimum absolute atomic E-state index is 0.265. The van der Waals surface area contributed by atoms with Gasteiger partial charge < -0.3 is 0 Å². The highest BCUT2D eigenvalue weighted by Gasteiger charge is 1.98. The molecule has 58 valence electrons. The summed E-state index contributed by atoms with van der Waals surface area (Å²) in [6.07, 6.45) is 3.90. The molecule has 0 aliphatic rings. The summed E-state index contributed by atoms with van der Waals surface area (Å²) < 4.78 is 2.01. The van der Waals surface area contributed by atoms with Crippen molar-refractivity contribution >= 4 is 0 Å². The Bertz CT molecular complexity index is 248. The van der Waals surface area contributed by atoms with Crippen LogP contribution in [0.5, 0.6) is 0 Å². The summed E-state index contributed by atoms with van der Waals surface area (Å²) in [5.74, 6) is 0. The van der Waals surface area contributed by atoms with E-state index in [1.165, 1.54) is 0 Å². The number of hydrogen-bond acceptors (Lipinski definition) is 2. The molecule has 0 fully saturated rings. The number of hydrogen-bond donors (Lipinski definition) is 0. The summed E-state index contributed by atoms with van der Waals surface area (Å²) in [5, 5.41) is 2.82. The van der Waals surface area contributed by atoms with Crippen LogP contribution in [0.15, 0.2) is 29.7 Å². The van der Waals surface area contributed by atoms with Crippen molar-refractivity contribution in [3.63, 3.8) is 0 Å². The van der Waals surface area contributed by atoms with Crippen LogP contribution in [0.25, 0.3) is 0 Å². The van der Waals surface area contributed by atoms with Crippen LogP contribution in [-0.4, -0.2) is 0 Å². The zero-order chi connectivity index (χ0) is 8.10. The number of aromatic nitrogens is 1. The topological polar surface area (TPSA) is 33.3 Å². The fraction of sp³-hybridized carbons (Fsp3) is 0.375. The molecule has 11 heavy (non-hydrogen) atoms. The predicted molar refractivity (Wildman–Crippen MR) is 41.8 cm³/mol. The van der Waals surface area contributed by atoms with Gasteiger partial charge in [0.15, 0.2) is 12.4 Å². The first-order valence-corrected chi connectivity index (χ1v) is 3.64. The van der Waals surface area contributed by atoms with Crippen LogP contribution in [0.2, 0.25) is 0 Å². The standard InChI is InChI=1S/C8H11N2O/c1-2-10-5-3-4-8(7-10)6-9-11/h3-5,7H,2,6H2,1H3/q+1. The molecule has 0 N–H and O–H groups in total. The molecular weight excluding hydrogens is 140 g/mol. The Morgan fingerprint density at radius 2 is 2.45 bits per heavy atom. The lowest BCUT2D eigenvalue weighted by Crippen LogP contribution is -2.31. The van der Waals surface area contributed by atoms with E-state index in [1.54, 1.807) is 0 Å². The van der Waals surface area contributed by atoms with Gasteiger partial charge in [-0.3, -0.25) is 0 Å². The van der Waals surface area contributed by atoms with Gasteiger partial charge in [0.05, 0.1) is 0 Å². The monoisotopic (exact) mass is 151 g/mol. The second-order valence-electron chi connectivity index (χ2n) is 2.33. The molecular formula is C8H11N2O+. The predicted octanol–water partition coefficient (Wildman–Crippen LogP) is 1.26. The van der Waals surface area contributed by atoms with E-state index in [9.17, 15) is 4.91 Å². The molecule has 1 heterocycles. The van der Waals surface area contributed by atoms with Crippen LogP contribution < -0.4 is 4.57 Å². The van der Waals surface area contributed by atoms with Crippen LogP contribution in [-0.2, 0) is 13.1 Å². The summed E-state index contributed by atoms with van der Waals surface area (Å²) in [6, 6.07) is 3.82. The highest BCUT2D eigenvalue weighted by atomic mass is 16.3. The van der Waals surface area contributed by atoms with Gasteiger partial charge >= 0.3 is 0 Å². The molecule has 0 aromatic carbocycles. The van der Waals surface area contributed by atoms with Gasteiger partial charge in [0, 0.05) is 11.6 Å². The van der Waals surface area contributed by atoms with Crippen LogP contribution in [0.4, 0.5) is 0 Å². The smallest absolute Gasteiger partial charge is 0.173 e. The lowest BCUT2D eigenvalue weighted by atomic mass is 10.3. The van der Waals surface area contributed by atoms with E-state index in [0.29, 0.717) is 0 Å². The molecule has 1 aromatic rings. The summed E-state index contributed by atoms with van der Waals surface area (Å²) >= 11 is 0. The average molecular weight is 151 g/mol. The normalized spacial score (nSPS) is 9.55. The molecule has 0 saturated heterocycles. The molecule has 0 radical (unpaired) electrons. The maximum atomic E-state index is 9.91. The lowest BCUT2D eigenvalue weighted by molar-refractivity contribution is -0.694. The Hall–Kier alpha value is -1.25. The van der Waals surface area contributed by atoms with Crippen LogP contribution in [0, 0.1) is 4.91 Å². The Morgan fingerprint density at radius 3 is 3.09 bits per heavy atom. The van der Waals surface area contributed by atoms with Crippen molar-refractivity contribution in [2.24, 2.45) is 5.18 Å². The lowest BCUT2D eigenvalue weighted by Gasteiger charge is -1.92. The van der Waals surface area contributed by atoms with Gasteiger partial charge in [0.25, 0.3) is 0 Å². The maximum absolute atomic E-state index is 9.91. The minimum atomic E-state index is 0.265. The minimum Gasteiger partial charge on any atom is -0.205 e. The first-order chi connectivity index (χ1) is 5.36. The number of nitrogens with zero attached hydrogens (tertiary/aromatic N) is 2. The van der Waals surface area contributed by atoms with Crippen molar-refractivity contribution in [2.75, 3.05) is 0 Å². The molecule has 3 nitrogen and oxygen atoms in total. The fourth-order valence-corrected chi connectivity index (χ4v) is 0.941. The number of rotatable bonds is 3. The van der Waals surface area contributed by atoms with Crippen LogP contribution in [0.1, 0.15) is 12.5 Å². The summed E-state index contributed by atoms with van der Waals surface area (Å²) in [6.45, 7) is 3.24. The molecule has 0 unspecified atom stereocenters. The first-order valence-electron chi connectivity index (χ1n) is 3.64. The van der Waals surface area contributed by atoms with Crippen molar-refractivity contribution in [2.45, 2.75) is 20.0 Å². The van der Waals surface area contributed by atoms with Gasteiger partial charge in [-0.1, -0.05) is 5.18 Å².